The molecule has 0 unspecified atom stereocenters. The Hall–Kier alpha value is -3.20. The zero-order chi connectivity index (χ0) is 18.4. The first-order valence-electron chi connectivity index (χ1n) is 7.65. The Morgan fingerprint density at radius 2 is 1.92 bits per heavy atom. The molecule has 3 aromatic heterocycles. The molecule has 0 fully saturated rings. The molecule has 0 spiro atoms. The van der Waals surface area contributed by atoms with E-state index in [1.807, 2.05) is 6.07 Å². The van der Waals surface area contributed by atoms with E-state index in [0.29, 0.717) is 27.6 Å². The summed E-state index contributed by atoms with van der Waals surface area (Å²) in [6, 6.07) is 7.13. The maximum absolute atomic E-state index is 12.5. The van der Waals surface area contributed by atoms with Gasteiger partial charge in [0.25, 0.3) is 11.4 Å². The molecule has 0 amide bonds. The molecule has 9 nitrogen and oxygen atoms in total. The number of fused-ring (bicyclic) bond motifs is 1. The third kappa shape index (κ3) is 2.44. The van der Waals surface area contributed by atoms with Crippen molar-refractivity contribution in [2.24, 2.45) is 14.1 Å². The van der Waals surface area contributed by atoms with Crippen molar-refractivity contribution in [1.29, 1.82) is 0 Å². The third-order valence-electron chi connectivity index (χ3n) is 4.10. The Labute approximate surface area is 151 Å². The van der Waals surface area contributed by atoms with E-state index in [0.717, 1.165) is 4.57 Å². The van der Waals surface area contributed by atoms with Crippen LogP contribution in [0.1, 0.15) is 5.82 Å². The lowest BCUT2D eigenvalue weighted by Gasteiger charge is -2.04. The predicted octanol–water partition coefficient (Wildman–Crippen LogP) is 1.19. The highest BCUT2D eigenvalue weighted by Gasteiger charge is 2.17. The molecule has 26 heavy (non-hydrogen) atoms. The van der Waals surface area contributed by atoms with Crippen molar-refractivity contribution < 1.29 is 4.52 Å². The maximum Gasteiger partial charge on any atom is 0.332 e. The summed E-state index contributed by atoms with van der Waals surface area (Å²) in [5.41, 5.74) is 0.345. The zero-order valence-corrected chi connectivity index (χ0v) is 14.6. The summed E-state index contributed by atoms with van der Waals surface area (Å²) in [4.78, 5) is 32.9. The minimum Gasteiger partial charge on any atom is -0.334 e. The number of imidazole rings is 1. The van der Waals surface area contributed by atoms with Gasteiger partial charge in [0.2, 0.25) is 0 Å². The second-order valence-corrected chi connectivity index (χ2v) is 6.15. The number of aryl methyl sites for hydroxylation is 1. The van der Waals surface area contributed by atoms with Gasteiger partial charge < -0.3 is 9.09 Å². The molecule has 0 aliphatic carbocycles. The average Bonchev–Trinajstić information content (AvgIpc) is 3.26. The Morgan fingerprint density at radius 3 is 2.69 bits per heavy atom. The molecular formula is C16H13ClN6O3. The number of nitrogens with zero attached hydrogens (tertiary/aromatic N) is 6. The summed E-state index contributed by atoms with van der Waals surface area (Å²) in [5, 5.41) is 4.44. The van der Waals surface area contributed by atoms with Crippen molar-refractivity contribution in [3.8, 4) is 11.5 Å². The lowest BCUT2D eigenvalue weighted by atomic mass is 10.2. The highest BCUT2D eigenvalue weighted by atomic mass is 35.5. The minimum absolute atomic E-state index is 0.165. The smallest absolute Gasteiger partial charge is 0.332 e. The van der Waals surface area contributed by atoms with Crippen molar-refractivity contribution in [3.05, 3.63) is 62.3 Å². The molecule has 0 aliphatic rings. The molecule has 0 saturated heterocycles. The monoisotopic (exact) mass is 372 g/mol. The van der Waals surface area contributed by atoms with E-state index in [1.54, 1.807) is 29.8 Å². The minimum atomic E-state index is -0.437. The molecule has 3 heterocycles. The number of benzene rings is 1. The highest BCUT2D eigenvalue weighted by Crippen LogP contribution is 2.26. The first-order valence-corrected chi connectivity index (χ1v) is 8.03. The fourth-order valence-corrected chi connectivity index (χ4v) is 2.95. The van der Waals surface area contributed by atoms with Gasteiger partial charge in [-0.25, -0.2) is 9.78 Å². The summed E-state index contributed by atoms with van der Waals surface area (Å²) in [6.07, 6.45) is 1.47. The normalized spacial score (nSPS) is 11.3. The Bertz CT molecular complexity index is 1250. The van der Waals surface area contributed by atoms with E-state index in [4.69, 9.17) is 16.1 Å². The summed E-state index contributed by atoms with van der Waals surface area (Å²) in [5.74, 6) is 0.644. The average molecular weight is 373 g/mol. The van der Waals surface area contributed by atoms with Gasteiger partial charge in [-0.05, 0) is 12.1 Å². The van der Waals surface area contributed by atoms with E-state index in [-0.39, 0.29) is 12.4 Å². The Kier molecular flexibility index (Phi) is 3.73. The van der Waals surface area contributed by atoms with Crippen LogP contribution in [0, 0.1) is 0 Å². The molecule has 10 heteroatoms. The van der Waals surface area contributed by atoms with Crippen LogP contribution in [0.3, 0.4) is 0 Å². The van der Waals surface area contributed by atoms with Gasteiger partial charge in [0.05, 0.1) is 23.5 Å². The van der Waals surface area contributed by atoms with Crippen LogP contribution in [0.25, 0.3) is 22.6 Å². The molecule has 132 valence electrons. The van der Waals surface area contributed by atoms with Crippen molar-refractivity contribution in [1.82, 2.24) is 28.8 Å². The molecule has 0 radical (unpaired) electrons. The van der Waals surface area contributed by atoms with E-state index in [9.17, 15) is 9.59 Å². The molecule has 0 atom stereocenters. The van der Waals surface area contributed by atoms with Crippen LogP contribution in [0.2, 0.25) is 5.02 Å². The van der Waals surface area contributed by atoms with Gasteiger partial charge >= 0.3 is 5.69 Å². The van der Waals surface area contributed by atoms with Gasteiger partial charge in [0.15, 0.2) is 17.0 Å². The lowest BCUT2D eigenvalue weighted by Crippen LogP contribution is -2.37. The topological polar surface area (TPSA) is 101 Å². The fraction of sp³-hybridized carbons (Fsp3) is 0.188. The van der Waals surface area contributed by atoms with Crippen LogP contribution >= 0.6 is 11.6 Å². The van der Waals surface area contributed by atoms with Crippen LogP contribution < -0.4 is 11.2 Å². The van der Waals surface area contributed by atoms with Crippen LogP contribution in [0.4, 0.5) is 0 Å². The number of aromatic nitrogens is 6. The number of halogens is 1. The first kappa shape index (κ1) is 16.3. The summed E-state index contributed by atoms with van der Waals surface area (Å²) in [7, 11) is 2.98. The standard InChI is InChI=1S/C16H13ClN6O3/c1-21-13-12(15(24)22(2)16(21)25)23(8-18-13)7-11-19-14(26-20-11)9-5-3-4-6-10(9)17/h3-6,8H,7H2,1-2H3. The van der Waals surface area contributed by atoms with Crippen LogP contribution in [0.15, 0.2) is 44.7 Å². The van der Waals surface area contributed by atoms with Crippen molar-refractivity contribution in [2.75, 3.05) is 0 Å². The second kappa shape index (κ2) is 5.95. The van der Waals surface area contributed by atoms with E-state index >= 15 is 0 Å². The SMILES string of the molecule is Cn1c(=O)c2c(ncn2Cc2noc(-c3ccccc3Cl)n2)n(C)c1=O. The van der Waals surface area contributed by atoms with Gasteiger partial charge in [-0.3, -0.25) is 13.9 Å². The number of rotatable bonds is 3. The van der Waals surface area contributed by atoms with Crippen LogP contribution in [-0.2, 0) is 20.6 Å². The van der Waals surface area contributed by atoms with Crippen LogP contribution in [0.5, 0.6) is 0 Å². The summed E-state index contributed by atoms with van der Waals surface area (Å²) in [6.45, 7) is 0.165. The zero-order valence-electron chi connectivity index (χ0n) is 13.9. The van der Waals surface area contributed by atoms with Gasteiger partial charge in [-0.1, -0.05) is 28.9 Å². The quantitative estimate of drug-likeness (QED) is 0.535. The third-order valence-corrected chi connectivity index (χ3v) is 4.43. The van der Waals surface area contributed by atoms with E-state index in [2.05, 4.69) is 15.1 Å². The highest BCUT2D eigenvalue weighted by molar-refractivity contribution is 6.33. The van der Waals surface area contributed by atoms with E-state index < -0.39 is 11.2 Å². The lowest BCUT2D eigenvalue weighted by molar-refractivity contribution is 0.421. The van der Waals surface area contributed by atoms with Gasteiger partial charge in [0, 0.05) is 14.1 Å². The number of hydrogen-bond acceptors (Lipinski definition) is 6. The molecule has 0 bridgehead atoms. The molecule has 0 aliphatic heterocycles. The van der Waals surface area contributed by atoms with Gasteiger partial charge in [-0.2, -0.15) is 4.98 Å². The molecule has 4 aromatic rings. The first-order chi connectivity index (χ1) is 12.5. The van der Waals surface area contributed by atoms with Crippen molar-refractivity contribution in [3.63, 3.8) is 0 Å². The molecule has 4 rings (SSSR count). The van der Waals surface area contributed by atoms with Crippen molar-refractivity contribution in [2.45, 2.75) is 6.54 Å². The van der Waals surface area contributed by atoms with Crippen LogP contribution in [-0.4, -0.2) is 28.8 Å². The van der Waals surface area contributed by atoms with Gasteiger partial charge in [-0.15, -0.1) is 0 Å². The predicted molar refractivity (Wildman–Crippen MR) is 94.1 cm³/mol. The second-order valence-electron chi connectivity index (χ2n) is 5.75. The van der Waals surface area contributed by atoms with Gasteiger partial charge in [0.1, 0.15) is 0 Å². The maximum atomic E-state index is 12.5. The summed E-state index contributed by atoms with van der Waals surface area (Å²) >= 11 is 6.14. The molecule has 1 aromatic carbocycles. The molecule has 0 saturated carbocycles. The van der Waals surface area contributed by atoms with Crippen molar-refractivity contribution >= 4 is 22.8 Å². The molecular weight excluding hydrogens is 360 g/mol. The number of hydrogen-bond donors (Lipinski definition) is 0. The largest absolute Gasteiger partial charge is 0.334 e. The Morgan fingerprint density at radius 1 is 1.15 bits per heavy atom. The Balaban J connectivity index is 1.77. The molecule has 0 N–H and O–H groups in total. The summed E-state index contributed by atoms with van der Waals surface area (Å²) < 4.78 is 9.20. The fourth-order valence-electron chi connectivity index (χ4n) is 2.73. The van der Waals surface area contributed by atoms with E-state index in [1.165, 1.54) is 17.9 Å².